The number of ether oxygens (including phenoxy) is 1. The Labute approximate surface area is 300 Å². The number of pyridine rings is 1. The van der Waals surface area contributed by atoms with Gasteiger partial charge < -0.3 is 9.84 Å². The number of phenolic OH excluding ortho intramolecular Hbond substituents is 1. The van der Waals surface area contributed by atoms with Gasteiger partial charge >= 0.3 is 6.18 Å². The fourth-order valence-corrected chi connectivity index (χ4v) is 8.88. The summed E-state index contributed by atoms with van der Waals surface area (Å²) in [7, 11) is 0. The molecule has 4 amide bonds. The predicted molar refractivity (Wildman–Crippen MR) is 179 cm³/mol. The number of halogens is 5. The molecule has 2 aromatic carbocycles. The monoisotopic (exact) mass is 742 g/mol. The van der Waals surface area contributed by atoms with E-state index < -0.39 is 63.6 Å². The number of aromatic hydroxyl groups is 1. The van der Waals surface area contributed by atoms with Gasteiger partial charge in [0.1, 0.15) is 0 Å². The molecule has 7 rings (SSSR count). The average Bonchev–Trinajstić information content (AvgIpc) is 3.47. The van der Waals surface area contributed by atoms with Crippen molar-refractivity contribution < 1.29 is 42.2 Å². The fraction of sp³-hybridized carbons (Fsp3) is 0.361. The Balaban J connectivity index is 1.46. The third kappa shape index (κ3) is 5.18. The van der Waals surface area contributed by atoms with E-state index >= 15 is 4.79 Å². The van der Waals surface area contributed by atoms with E-state index in [-0.39, 0.29) is 60.7 Å². The van der Waals surface area contributed by atoms with Gasteiger partial charge in [-0.25, -0.2) is 4.98 Å². The number of hydrogen-bond acceptors (Lipinski definition) is 8. The standard InChI is InChI=1S/C36H31Cl2F3N4O6/c1-3-44-31(47)21-13-12-20-23(27(21)33(44)49)15-24-32(48)45(43-30-25(38)14-18(16-42-30)36(39,40)41)34(50)35(24,17-8-10-19(37)11-9-17)28(20)22-6-5-7-26(29(22)46)51-4-2/h5-12,14,16,21,23-24,27-28,46H,3-4,13,15H2,1-2H3,(H,42,43). The number of hydrazine groups is 1. The molecule has 6 atom stereocenters. The molecule has 0 radical (unpaired) electrons. The van der Waals surface area contributed by atoms with Crippen LogP contribution < -0.4 is 10.2 Å². The maximum absolute atomic E-state index is 15.2. The van der Waals surface area contributed by atoms with Crippen LogP contribution in [0.25, 0.3) is 0 Å². The normalized spacial score (nSPS) is 27.3. The Morgan fingerprint density at radius 2 is 1.75 bits per heavy atom. The molecular weight excluding hydrogens is 712 g/mol. The number of alkyl halides is 3. The lowest BCUT2D eigenvalue weighted by Crippen LogP contribution is -2.53. The van der Waals surface area contributed by atoms with Crippen molar-refractivity contribution in [2.24, 2.45) is 23.7 Å². The third-order valence-corrected chi connectivity index (χ3v) is 11.1. The minimum Gasteiger partial charge on any atom is -0.504 e. The second kappa shape index (κ2) is 12.6. The number of nitrogens with one attached hydrogen (secondary N) is 1. The highest BCUT2D eigenvalue weighted by molar-refractivity contribution is 6.33. The molecule has 2 N–H and O–H groups in total. The fourth-order valence-electron chi connectivity index (χ4n) is 8.55. The molecular formula is C36H31Cl2F3N4O6. The van der Waals surface area contributed by atoms with Crippen LogP contribution in [0.1, 0.15) is 49.3 Å². The number of benzene rings is 2. The van der Waals surface area contributed by atoms with Gasteiger partial charge in [-0.1, -0.05) is 59.1 Å². The van der Waals surface area contributed by atoms with Crippen molar-refractivity contribution in [2.45, 2.75) is 44.2 Å². The van der Waals surface area contributed by atoms with Crippen molar-refractivity contribution >= 4 is 52.6 Å². The van der Waals surface area contributed by atoms with Gasteiger partial charge in [-0.2, -0.15) is 18.2 Å². The summed E-state index contributed by atoms with van der Waals surface area (Å²) in [5.74, 6) is -7.23. The number of imide groups is 2. The third-order valence-electron chi connectivity index (χ3n) is 10.6. The summed E-state index contributed by atoms with van der Waals surface area (Å²) in [6, 6.07) is 11.8. The van der Waals surface area contributed by atoms with Gasteiger partial charge in [0.2, 0.25) is 11.8 Å². The summed E-state index contributed by atoms with van der Waals surface area (Å²) >= 11 is 12.5. The van der Waals surface area contributed by atoms with Crippen molar-refractivity contribution in [3.8, 4) is 11.5 Å². The minimum atomic E-state index is -4.75. The van der Waals surface area contributed by atoms with Crippen LogP contribution in [0.15, 0.2) is 66.4 Å². The molecule has 3 heterocycles. The lowest BCUT2D eigenvalue weighted by molar-refractivity contribution is -0.141. The van der Waals surface area contributed by atoms with Gasteiger partial charge in [-0.3, -0.25) is 29.5 Å². The second-order valence-electron chi connectivity index (χ2n) is 13.0. The minimum absolute atomic E-state index is 0.0362. The smallest absolute Gasteiger partial charge is 0.417 e. The zero-order chi connectivity index (χ0) is 36.6. The second-order valence-corrected chi connectivity index (χ2v) is 13.8. The molecule has 6 unspecified atom stereocenters. The highest BCUT2D eigenvalue weighted by Gasteiger charge is 2.70. The molecule has 2 saturated heterocycles. The predicted octanol–water partition coefficient (Wildman–Crippen LogP) is 6.52. The molecule has 15 heteroatoms. The summed E-state index contributed by atoms with van der Waals surface area (Å²) in [6.45, 7) is 3.82. The first-order valence-electron chi connectivity index (χ1n) is 16.4. The van der Waals surface area contributed by atoms with Crippen molar-refractivity contribution in [3.63, 3.8) is 0 Å². The number of anilines is 1. The Hall–Kier alpha value is -4.62. The van der Waals surface area contributed by atoms with Gasteiger partial charge in [0.25, 0.3) is 11.8 Å². The van der Waals surface area contributed by atoms with Gasteiger partial charge in [0, 0.05) is 29.2 Å². The number of para-hydroxylation sites is 1. The molecule has 10 nitrogen and oxygen atoms in total. The van der Waals surface area contributed by atoms with E-state index in [1.807, 2.05) is 6.08 Å². The Kier molecular flexibility index (Phi) is 8.57. The number of nitrogens with zero attached hydrogens (tertiary/aromatic N) is 3. The van der Waals surface area contributed by atoms with E-state index in [4.69, 9.17) is 27.9 Å². The van der Waals surface area contributed by atoms with Gasteiger partial charge in [-0.15, -0.1) is 0 Å². The van der Waals surface area contributed by atoms with Crippen LogP contribution in [-0.4, -0.2) is 56.8 Å². The van der Waals surface area contributed by atoms with E-state index in [0.29, 0.717) is 33.4 Å². The van der Waals surface area contributed by atoms with Crippen LogP contribution in [0.4, 0.5) is 19.0 Å². The number of aromatic nitrogens is 1. The number of carbonyl (C=O) groups excluding carboxylic acids is 4. The number of hydrogen-bond donors (Lipinski definition) is 2. The van der Waals surface area contributed by atoms with Gasteiger partial charge in [0.15, 0.2) is 17.3 Å². The first-order chi connectivity index (χ1) is 24.2. The molecule has 0 spiro atoms. The molecule has 1 saturated carbocycles. The first kappa shape index (κ1) is 34.8. The van der Waals surface area contributed by atoms with Crippen LogP contribution in [-0.2, 0) is 30.8 Å². The molecule has 2 aliphatic heterocycles. The van der Waals surface area contributed by atoms with E-state index in [0.717, 1.165) is 0 Å². The van der Waals surface area contributed by atoms with Crippen LogP contribution in [0.3, 0.4) is 0 Å². The number of allylic oxidation sites excluding steroid dienone is 2. The quantitative estimate of drug-likeness (QED) is 0.207. The molecule has 3 fully saturated rings. The van der Waals surface area contributed by atoms with Crippen LogP contribution in [0, 0.1) is 23.7 Å². The summed E-state index contributed by atoms with van der Waals surface area (Å²) in [5.41, 5.74) is 0.873. The maximum atomic E-state index is 15.2. The molecule has 1 aromatic heterocycles. The van der Waals surface area contributed by atoms with Gasteiger partial charge in [0.05, 0.1) is 40.4 Å². The zero-order valence-electron chi connectivity index (χ0n) is 27.2. The van der Waals surface area contributed by atoms with E-state index in [1.54, 1.807) is 56.3 Å². The highest BCUT2D eigenvalue weighted by atomic mass is 35.5. The van der Waals surface area contributed by atoms with Crippen LogP contribution in [0.5, 0.6) is 11.5 Å². The van der Waals surface area contributed by atoms with Crippen molar-refractivity contribution in [1.29, 1.82) is 0 Å². The largest absolute Gasteiger partial charge is 0.504 e. The topological polar surface area (TPSA) is 129 Å². The number of carbonyl (C=O) groups is 4. The molecule has 51 heavy (non-hydrogen) atoms. The SMILES string of the molecule is CCOc1cccc(C2C3=CCC4C(=O)N(CC)C(=O)C4C3CC3C(=O)N(Nc4ncc(C(F)(F)F)cc4Cl)C(=O)C32c2ccc(Cl)cc2)c1O. The number of fused-ring (bicyclic) bond motifs is 4. The summed E-state index contributed by atoms with van der Waals surface area (Å²) in [4.78, 5) is 62.2. The van der Waals surface area contributed by atoms with Crippen molar-refractivity contribution in [2.75, 3.05) is 18.6 Å². The average molecular weight is 744 g/mol. The van der Waals surface area contributed by atoms with Crippen molar-refractivity contribution in [3.05, 3.63) is 93.1 Å². The van der Waals surface area contributed by atoms with E-state index in [2.05, 4.69) is 10.4 Å². The maximum Gasteiger partial charge on any atom is 0.417 e. The molecule has 4 aliphatic rings. The number of rotatable bonds is 7. The number of phenols is 1. The number of amides is 4. The van der Waals surface area contributed by atoms with E-state index in [1.165, 1.54) is 4.90 Å². The summed E-state index contributed by atoms with van der Waals surface area (Å²) in [6.07, 6.45) is -2.23. The van der Waals surface area contributed by atoms with Gasteiger partial charge in [-0.05, 0) is 62.4 Å². The Morgan fingerprint density at radius 3 is 2.39 bits per heavy atom. The van der Waals surface area contributed by atoms with Crippen molar-refractivity contribution in [1.82, 2.24) is 14.9 Å². The summed E-state index contributed by atoms with van der Waals surface area (Å²) in [5, 5.41) is 12.3. The zero-order valence-corrected chi connectivity index (χ0v) is 28.7. The Morgan fingerprint density at radius 1 is 1.02 bits per heavy atom. The van der Waals surface area contributed by atoms with Crippen LogP contribution in [0.2, 0.25) is 10.0 Å². The van der Waals surface area contributed by atoms with Crippen LogP contribution >= 0.6 is 23.2 Å². The number of likely N-dealkylation sites (tertiary alicyclic amines) is 1. The highest BCUT2D eigenvalue weighted by Crippen LogP contribution is 2.65. The lowest BCUT2D eigenvalue weighted by atomic mass is 9.49. The first-order valence-corrected chi connectivity index (χ1v) is 17.1. The van der Waals surface area contributed by atoms with E-state index in [9.17, 15) is 32.7 Å². The Bertz CT molecular complexity index is 2010. The molecule has 2 aliphatic carbocycles. The molecule has 0 bridgehead atoms. The lowest BCUT2D eigenvalue weighted by Gasteiger charge is -2.50. The molecule has 3 aromatic rings. The summed E-state index contributed by atoms with van der Waals surface area (Å²) < 4.78 is 46.0. The molecule has 266 valence electrons.